The van der Waals surface area contributed by atoms with Crippen LogP contribution in [0.5, 0.6) is 0 Å². The Morgan fingerprint density at radius 2 is 1.88 bits per heavy atom. The van der Waals surface area contributed by atoms with Gasteiger partial charge in [-0.1, -0.05) is 47.1 Å². The second kappa shape index (κ2) is 7.21. The first-order valence-electron chi connectivity index (χ1n) is 8.03. The largest absolute Gasteiger partial charge is 0.339 e. The van der Waals surface area contributed by atoms with Crippen LogP contribution in [-0.2, 0) is 15.5 Å². The number of amides is 1. The monoisotopic (exact) mass is 369 g/mol. The molecule has 0 radical (unpaired) electrons. The number of carbonyl (C=O) groups is 1. The lowest BCUT2D eigenvalue weighted by Crippen LogP contribution is -2.06. The summed E-state index contributed by atoms with van der Waals surface area (Å²) in [6, 6.07) is 14.4. The van der Waals surface area contributed by atoms with Gasteiger partial charge in [-0.15, -0.1) is 0 Å². The molecule has 3 rings (SSSR count). The third-order valence-electron chi connectivity index (χ3n) is 3.71. The summed E-state index contributed by atoms with van der Waals surface area (Å²) in [7, 11) is -2.67. The van der Waals surface area contributed by atoms with E-state index in [1.165, 1.54) is 6.26 Å². The summed E-state index contributed by atoms with van der Waals surface area (Å²) >= 11 is 0. The summed E-state index contributed by atoms with van der Waals surface area (Å²) in [5, 5.41) is 3.83. The normalized spacial score (nSPS) is 13.2. The molecule has 7 heteroatoms. The second-order valence-electron chi connectivity index (χ2n) is 6.20. The maximum absolute atomic E-state index is 12.7. The van der Waals surface area contributed by atoms with Crippen molar-refractivity contribution in [3.63, 3.8) is 0 Å². The molecule has 1 unspecified atom stereocenters. The molecule has 26 heavy (non-hydrogen) atoms. The number of hydrogen-bond acceptors (Lipinski definition) is 5. The van der Waals surface area contributed by atoms with E-state index in [0.717, 1.165) is 16.7 Å². The van der Waals surface area contributed by atoms with Gasteiger partial charge in [0, 0.05) is 24.3 Å². The fraction of sp³-hybridized carbons (Fsp3) is 0.211. The summed E-state index contributed by atoms with van der Waals surface area (Å²) in [5.41, 5.74) is 3.08. The molecule has 0 aliphatic heterocycles. The minimum absolute atomic E-state index is 0.237. The minimum Gasteiger partial charge on any atom is -0.339 e. The van der Waals surface area contributed by atoms with Gasteiger partial charge >= 0.3 is 0 Å². The Labute approximate surface area is 152 Å². The molecule has 3 aromatic rings. The molecule has 1 amide bonds. The molecule has 6 nitrogen and oxygen atoms in total. The molecule has 0 fully saturated rings. The van der Waals surface area contributed by atoms with Crippen molar-refractivity contribution in [2.75, 3.05) is 6.26 Å². The minimum atomic E-state index is -2.67. The number of aryl methyl sites for hydroxylation is 2. The molecule has 1 atom stereocenters. The average Bonchev–Trinajstić information content (AvgIpc) is 3.00. The molecule has 0 N–H and O–H groups in total. The van der Waals surface area contributed by atoms with Crippen molar-refractivity contribution in [3.8, 4) is 11.4 Å². The number of benzene rings is 2. The standard InChI is InChI=1S/C19H19N3O3S/c1-13-5-4-6-15(11-13)12-26(3,24)22-19(23)17-9-7-16(8-10-17)18-20-14(2)25-21-18/h4-11H,12H2,1-3H3. The van der Waals surface area contributed by atoms with E-state index < -0.39 is 15.6 Å². The zero-order valence-corrected chi connectivity index (χ0v) is 15.6. The summed E-state index contributed by atoms with van der Waals surface area (Å²) in [5.74, 6) is 0.663. The van der Waals surface area contributed by atoms with Crippen LogP contribution in [0.2, 0.25) is 0 Å². The first-order valence-corrected chi connectivity index (χ1v) is 10.1. The van der Waals surface area contributed by atoms with Crippen molar-refractivity contribution in [1.82, 2.24) is 10.1 Å². The smallest absolute Gasteiger partial charge is 0.285 e. The van der Waals surface area contributed by atoms with Crippen molar-refractivity contribution in [3.05, 3.63) is 71.1 Å². The zero-order valence-electron chi connectivity index (χ0n) is 14.8. The van der Waals surface area contributed by atoms with Gasteiger partial charge in [0.15, 0.2) is 0 Å². The van der Waals surface area contributed by atoms with E-state index >= 15 is 0 Å². The van der Waals surface area contributed by atoms with Gasteiger partial charge in [0.2, 0.25) is 11.7 Å². The highest BCUT2D eigenvalue weighted by Crippen LogP contribution is 2.17. The Morgan fingerprint density at radius 1 is 1.15 bits per heavy atom. The number of nitrogens with zero attached hydrogens (tertiary/aromatic N) is 3. The summed E-state index contributed by atoms with van der Waals surface area (Å²) in [4.78, 5) is 16.5. The molecule has 1 heterocycles. The molecule has 2 aromatic carbocycles. The van der Waals surface area contributed by atoms with E-state index in [-0.39, 0.29) is 5.75 Å². The highest BCUT2D eigenvalue weighted by atomic mass is 32.2. The molecule has 0 aliphatic carbocycles. The first-order chi connectivity index (χ1) is 12.3. The lowest BCUT2D eigenvalue weighted by atomic mass is 10.1. The summed E-state index contributed by atoms with van der Waals surface area (Å²) in [6.07, 6.45) is 1.50. The van der Waals surface area contributed by atoms with Crippen LogP contribution in [-0.4, -0.2) is 26.5 Å². The second-order valence-corrected chi connectivity index (χ2v) is 8.59. The Balaban J connectivity index is 1.79. The van der Waals surface area contributed by atoms with Gasteiger partial charge in [-0.25, -0.2) is 4.21 Å². The van der Waals surface area contributed by atoms with Crippen LogP contribution in [0.15, 0.2) is 57.4 Å². The SMILES string of the molecule is Cc1cccc(CS(C)(=O)=NC(=O)c2ccc(-c3noc(C)n3)cc2)c1. The van der Waals surface area contributed by atoms with Gasteiger partial charge < -0.3 is 4.52 Å². The molecular weight excluding hydrogens is 350 g/mol. The van der Waals surface area contributed by atoms with Crippen molar-refractivity contribution in [2.45, 2.75) is 19.6 Å². The van der Waals surface area contributed by atoms with Crippen molar-refractivity contribution >= 4 is 15.6 Å². The van der Waals surface area contributed by atoms with Crippen LogP contribution in [0.4, 0.5) is 0 Å². The topological polar surface area (TPSA) is 85.4 Å². The van der Waals surface area contributed by atoms with Gasteiger partial charge in [-0.2, -0.15) is 9.35 Å². The number of aromatic nitrogens is 2. The van der Waals surface area contributed by atoms with Crippen LogP contribution >= 0.6 is 0 Å². The summed E-state index contributed by atoms with van der Waals surface area (Å²) < 4.78 is 21.6. The molecule has 0 saturated carbocycles. The van der Waals surface area contributed by atoms with E-state index in [1.54, 1.807) is 31.2 Å². The van der Waals surface area contributed by atoms with Gasteiger partial charge in [-0.05, 0) is 24.6 Å². The molecular formula is C19H19N3O3S. The number of rotatable bonds is 4. The van der Waals surface area contributed by atoms with Crippen LogP contribution in [0.25, 0.3) is 11.4 Å². The van der Waals surface area contributed by atoms with Crippen LogP contribution in [0.1, 0.15) is 27.4 Å². The Kier molecular flexibility index (Phi) is 4.99. The van der Waals surface area contributed by atoms with E-state index in [1.807, 2.05) is 31.2 Å². The van der Waals surface area contributed by atoms with Gasteiger partial charge in [0.25, 0.3) is 5.91 Å². The Morgan fingerprint density at radius 3 is 2.50 bits per heavy atom. The predicted octanol–water partition coefficient (Wildman–Crippen LogP) is 3.79. The molecule has 0 saturated heterocycles. The maximum Gasteiger partial charge on any atom is 0.285 e. The van der Waals surface area contributed by atoms with E-state index in [0.29, 0.717) is 17.3 Å². The van der Waals surface area contributed by atoms with E-state index in [2.05, 4.69) is 14.5 Å². The van der Waals surface area contributed by atoms with Crippen LogP contribution < -0.4 is 0 Å². The average molecular weight is 369 g/mol. The summed E-state index contributed by atoms with van der Waals surface area (Å²) in [6.45, 7) is 3.68. The van der Waals surface area contributed by atoms with Crippen LogP contribution in [0.3, 0.4) is 0 Å². The first kappa shape index (κ1) is 18.0. The number of carbonyl (C=O) groups excluding carboxylic acids is 1. The van der Waals surface area contributed by atoms with Crippen molar-refractivity contribution in [1.29, 1.82) is 0 Å². The fourth-order valence-corrected chi connectivity index (χ4v) is 3.87. The molecule has 0 spiro atoms. The highest BCUT2D eigenvalue weighted by Gasteiger charge is 2.12. The Bertz CT molecular complexity index is 1060. The zero-order chi connectivity index (χ0) is 18.7. The molecule has 0 aliphatic rings. The lowest BCUT2D eigenvalue weighted by molar-refractivity contribution is 0.100. The quantitative estimate of drug-likeness (QED) is 0.698. The molecule has 0 bridgehead atoms. The molecule has 1 aromatic heterocycles. The predicted molar refractivity (Wildman–Crippen MR) is 100 cm³/mol. The van der Waals surface area contributed by atoms with Crippen LogP contribution in [0, 0.1) is 13.8 Å². The van der Waals surface area contributed by atoms with Crippen molar-refractivity contribution < 1.29 is 13.5 Å². The third-order valence-corrected chi connectivity index (χ3v) is 5.13. The van der Waals surface area contributed by atoms with E-state index in [9.17, 15) is 9.00 Å². The van der Waals surface area contributed by atoms with E-state index in [4.69, 9.17) is 4.52 Å². The lowest BCUT2D eigenvalue weighted by Gasteiger charge is -2.05. The fourth-order valence-electron chi connectivity index (χ4n) is 2.55. The van der Waals surface area contributed by atoms with Crippen molar-refractivity contribution in [2.24, 2.45) is 4.36 Å². The van der Waals surface area contributed by atoms with Gasteiger partial charge in [-0.3, -0.25) is 4.79 Å². The molecule has 134 valence electrons. The number of hydrogen-bond donors (Lipinski definition) is 0. The maximum atomic E-state index is 12.7. The Hall–Kier alpha value is -2.80. The highest BCUT2D eigenvalue weighted by molar-refractivity contribution is 7.92. The third kappa shape index (κ3) is 4.43. The van der Waals surface area contributed by atoms with Gasteiger partial charge in [0.05, 0.1) is 15.5 Å². The van der Waals surface area contributed by atoms with Gasteiger partial charge in [0.1, 0.15) is 0 Å².